The van der Waals surface area contributed by atoms with E-state index in [1.165, 1.54) is 6.07 Å². The van der Waals surface area contributed by atoms with E-state index in [1.54, 1.807) is 4.90 Å². The fraction of sp³-hybridized carbons (Fsp3) is 0.533. The lowest BCUT2D eigenvalue weighted by Gasteiger charge is -2.39. The lowest BCUT2D eigenvalue weighted by atomic mass is 9.88. The molecule has 1 aromatic rings. The van der Waals surface area contributed by atoms with Crippen molar-refractivity contribution in [2.24, 2.45) is 11.7 Å². The van der Waals surface area contributed by atoms with Gasteiger partial charge in [-0.25, -0.2) is 4.39 Å². The van der Waals surface area contributed by atoms with E-state index in [2.05, 4.69) is 6.92 Å². The Bertz CT molecular complexity index is 493. The van der Waals surface area contributed by atoms with E-state index in [9.17, 15) is 14.3 Å². The number of halogens is 1. The van der Waals surface area contributed by atoms with E-state index in [1.807, 2.05) is 0 Å². The molecule has 0 radical (unpaired) electrons. The third-order valence-electron chi connectivity index (χ3n) is 4.12. The second-order valence-corrected chi connectivity index (χ2v) is 5.35. The minimum absolute atomic E-state index is 0.0124. The molecular formula is C15H21FN2O2. The summed E-state index contributed by atoms with van der Waals surface area (Å²) in [6, 6.07) is 3.38. The van der Waals surface area contributed by atoms with Crippen LogP contribution in [0, 0.1) is 11.7 Å². The Morgan fingerprint density at radius 1 is 1.55 bits per heavy atom. The molecule has 1 aromatic carbocycles. The van der Waals surface area contributed by atoms with Gasteiger partial charge in [0.2, 0.25) is 0 Å². The number of hydrogen-bond donors (Lipinski definition) is 2. The van der Waals surface area contributed by atoms with Crippen LogP contribution >= 0.6 is 0 Å². The zero-order chi connectivity index (χ0) is 14.7. The maximum Gasteiger partial charge on any atom is 0.258 e. The zero-order valence-electron chi connectivity index (χ0n) is 11.7. The number of phenols is 1. The van der Waals surface area contributed by atoms with Gasteiger partial charge >= 0.3 is 0 Å². The van der Waals surface area contributed by atoms with Gasteiger partial charge < -0.3 is 15.7 Å². The van der Waals surface area contributed by atoms with Crippen LogP contribution in [-0.4, -0.2) is 35.0 Å². The van der Waals surface area contributed by atoms with Crippen LogP contribution in [0.2, 0.25) is 0 Å². The van der Waals surface area contributed by atoms with Crippen LogP contribution in [-0.2, 0) is 0 Å². The lowest BCUT2D eigenvalue weighted by Crippen LogP contribution is -2.49. The number of nitrogens with zero attached hydrogens (tertiary/aromatic N) is 1. The second kappa shape index (κ2) is 6.22. The van der Waals surface area contributed by atoms with Crippen LogP contribution in [0.4, 0.5) is 4.39 Å². The molecule has 20 heavy (non-hydrogen) atoms. The molecule has 0 saturated carbocycles. The number of carbonyl (C=O) groups is 1. The fourth-order valence-electron chi connectivity index (χ4n) is 2.83. The molecule has 1 saturated heterocycles. The number of likely N-dealkylation sites (tertiary alicyclic amines) is 1. The van der Waals surface area contributed by atoms with Crippen molar-refractivity contribution in [3.05, 3.63) is 29.6 Å². The Morgan fingerprint density at radius 3 is 2.95 bits per heavy atom. The molecule has 3 N–H and O–H groups in total. The number of nitrogens with two attached hydrogens (primary N) is 1. The van der Waals surface area contributed by atoms with Crippen molar-refractivity contribution in [2.45, 2.75) is 32.2 Å². The number of rotatable bonds is 3. The van der Waals surface area contributed by atoms with Crippen molar-refractivity contribution in [3.63, 3.8) is 0 Å². The Balaban J connectivity index is 2.21. The van der Waals surface area contributed by atoms with E-state index < -0.39 is 5.82 Å². The summed E-state index contributed by atoms with van der Waals surface area (Å²) in [6.07, 6.45) is 2.87. The van der Waals surface area contributed by atoms with Gasteiger partial charge in [-0.3, -0.25) is 4.79 Å². The zero-order valence-corrected chi connectivity index (χ0v) is 11.7. The maximum atomic E-state index is 13.3. The molecule has 1 fully saturated rings. The Labute approximate surface area is 118 Å². The van der Waals surface area contributed by atoms with Crippen LogP contribution in [0.25, 0.3) is 0 Å². The highest BCUT2D eigenvalue weighted by Crippen LogP contribution is 2.28. The molecule has 2 unspecified atom stereocenters. The molecule has 0 spiro atoms. The molecule has 0 aromatic heterocycles. The van der Waals surface area contributed by atoms with E-state index in [-0.39, 0.29) is 23.3 Å². The average molecular weight is 280 g/mol. The molecule has 1 aliphatic rings. The maximum absolute atomic E-state index is 13.3. The number of piperidine rings is 1. The van der Waals surface area contributed by atoms with E-state index in [4.69, 9.17) is 5.73 Å². The topological polar surface area (TPSA) is 66.6 Å². The molecular weight excluding hydrogens is 259 g/mol. The summed E-state index contributed by atoms with van der Waals surface area (Å²) < 4.78 is 13.3. The van der Waals surface area contributed by atoms with Crippen molar-refractivity contribution in [1.82, 2.24) is 4.90 Å². The fourth-order valence-corrected chi connectivity index (χ4v) is 2.83. The van der Waals surface area contributed by atoms with Crippen LogP contribution in [0.15, 0.2) is 18.2 Å². The van der Waals surface area contributed by atoms with Gasteiger partial charge in [-0.1, -0.05) is 13.3 Å². The second-order valence-electron chi connectivity index (χ2n) is 5.35. The molecule has 1 amide bonds. The van der Waals surface area contributed by atoms with Crippen molar-refractivity contribution in [2.75, 3.05) is 13.1 Å². The van der Waals surface area contributed by atoms with Gasteiger partial charge in [0.15, 0.2) is 0 Å². The van der Waals surface area contributed by atoms with Crippen molar-refractivity contribution < 1.29 is 14.3 Å². The minimum Gasteiger partial charge on any atom is -0.507 e. The average Bonchev–Trinajstić information content (AvgIpc) is 2.48. The highest BCUT2D eigenvalue weighted by Gasteiger charge is 2.31. The van der Waals surface area contributed by atoms with Gasteiger partial charge in [-0.2, -0.15) is 0 Å². The SMILES string of the molecule is CCC1CCN(C(=O)c2cc(F)ccc2O)C(CN)C1. The molecule has 2 atom stereocenters. The van der Waals surface area contributed by atoms with Crippen LogP contribution < -0.4 is 5.73 Å². The van der Waals surface area contributed by atoms with Gasteiger partial charge in [0.25, 0.3) is 5.91 Å². The van der Waals surface area contributed by atoms with Gasteiger partial charge in [-0.15, -0.1) is 0 Å². The standard InChI is InChI=1S/C15H21FN2O2/c1-2-10-5-6-18(12(7-10)9-17)15(20)13-8-11(16)3-4-14(13)19/h3-4,8,10,12,19H,2,5-7,9,17H2,1H3. The van der Waals surface area contributed by atoms with Gasteiger partial charge in [0.05, 0.1) is 5.56 Å². The number of carbonyl (C=O) groups excluding carboxylic acids is 1. The first-order valence-electron chi connectivity index (χ1n) is 7.06. The molecule has 2 rings (SSSR count). The summed E-state index contributed by atoms with van der Waals surface area (Å²) in [5.74, 6) is -0.482. The Morgan fingerprint density at radius 2 is 2.30 bits per heavy atom. The first-order chi connectivity index (χ1) is 9.56. The van der Waals surface area contributed by atoms with E-state index >= 15 is 0 Å². The molecule has 0 aliphatic carbocycles. The molecule has 1 aliphatic heterocycles. The molecule has 0 bridgehead atoms. The van der Waals surface area contributed by atoms with Gasteiger partial charge in [0.1, 0.15) is 11.6 Å². The summed E-state index contributed by atoms with van der Waals surface area (Å²) in [7, 11) is 0. The highest BCUT2D eigenvalue weighted by atomic mass is 19.1. The number of amides is 1. The molecule has 110 valence electrons. The Hall–Kier alpha value is -1.62. The summed E-state index contributed by atoms with van der Waals surface area (Å²) >= 11 is 0. The molecule has 1 heterocycles. The normalized spacial score (nSPS) is 22.9. The largest absolute Gasteiger partial charge is 0.507 e. The van der Waals surface area contributed by atoms with Crippen molar-refractivity contribution in [1.29, 1.82) is 0 Å². The summed E-state index contributed by atoms with van der Waals surface area (Å²) in [6.45, 7) is 3.13. The van der Waals surface area contributed by atoms with Crippen molar-refractivity contribution >= 4 is 5.91 Å². The van der Waals surface area contributed by atoms with Crippen LogP contribution in [0.5, 0.6) is 5.75 Å². The number of aromatic hydroxyl groups is 1. The number of benzene rings is 1. The number of hydrogen-bond acceptors (Lipinski definition) is 3. The molecule has 5 heteroatoms. The third-order valence-corrected chi connectivity index (χ3v) is 4.12. The quantitative estimate of drug-likeness (QED) is 0.891. The minimum atomic E-state index is -0.529. The number of phenolic OH excluding ortho intramolecular Hbond substituents is 1. The monoisotopic (exact) mass is 280 g/mol. The highest BCUT2D eigenvalue weighted by molar-refractivity contribution is 5.97. The lowest BCUT2D eigenvalue weighted by molar-refractivity contribution is 0.0555. The third kappa shape index (κ3) is 2.93. The van der Waals surface area contributed by atoms with Crippen molar-refractivity contribution in [3.8, 4) is 5.75 Å². The first kappa shape index (κ1) is 14.8. The molecule has 4 nitrogen and oxygen atoms in total. The van der Waals surface area contributed by atoms with E-state index in [0.29, 0.717) is 19.0 Å². The summed E-state index contributed by atoms with van der Waals surface area (Å²) in [5, 5.41) is 9.75. The van der Waals surface area contributed by atoms with Crippen LogP contribution in [0.1, 0.15) is 36.5 Å². The van der Waals surface area contributed by atoms with Crippen LogP contribution in [0.3, 0.4) is 0 Å². The Kier molecular flexibility index (Phi) is 4.60. The summed E-state index contributed by atoms with van der Waals surface area (Å²) in [4.78, 5) is 14.1. The smallest absolute Gasteiger partial charge is 0.258 e. The summed E-state index contributed by atoms with van der Waals surface area (Å²) in [5.41, 5.74) is 5.78. The van der Waals surface area contributed by atoms with E-state index in [0.717, 1.165) is 31.4 Å². The van der Waals surface area contributed by atoms with Gasteiger partial charge in [-0.05, 0) is 37.0 Å². The van der Waals surface area contributed by atoms with Gasteiger partial charge in [0, 0.05) is 19.1 Å². The predicted molar refractivity (Wildman–Crippen MR) is 75.0 cm³/mol. The predicted octanol–water partition coefficient (Wildman–Crippen LogP) is 2.12. The first-order valence-corrected chi connectivity index (χ1v) is 7.06.